The van der Waals surface area contributed by atoms with E-state index in [-0.39, 0.29) is 35.5 Å². The van der Waals surface area contributed by atoms with Crippen LogP contribution >= 0.6 is 0 Å². The summed E-state index contributed by atoms with van der Waals surface area (Å²) in [5, 5.41) is 31.3. The van der Waals surface area contributed by atoms with Gasteiger partial charge in [0.2, 0.25) is 5.43 Å². The van der Waals surface area contributed by atoms with Crippen LogP contribution in [-0.4, -0.2) is 63.0 Å². The molecule has 9 nitrogen and oxygen atoms in total. The number of carboxylic acids is 1. The zero-order chi connectivity index (χ0) is 22.6. The number of pyridine rings is 2. The Morgan fingerprint density at radius 3 is 2.62 bits per heavy atom. The molecule has 2 aromatic heterocycles. The van der Waals surface area contributed by atoms with Crippen LogP contribution < -0.4 is 21.1 Å². The Morgan fingerprint density at radius 2 is 2.03 bits per heavy atom. The van der Waals surface area contributed by atoms with E-state index in [4.69, 9.17) is 0 Å². The number of aromatic carboxylic acids is 1. The quantitative estimate of drug-likeness (QED) is 0.393. The van der Waals surface area contributed by atoms with Crippen molar-refractivity contribution in [2.24, 2.45) is 0 Å². The Hall–Kier alpha value is -3.28. The standard InChI is InChI=1S/C21H20BFN4O5/c23-17-6-15-18(28)16(21(29)30)10-26(8-11-1-3-12(4-2-11)22(31)32)19(15)25-20(17)27-9-13-5-14(27)7-24-13/h1-4,6,10,13-14,24,31-32H,5,7-9H2,(H,29,30)/t13-,14-/m0/s1. The number of nitrogens with one attached hydrogen (secondary N) is 1. The molecule has 5 rings (SSSR count). The van der Waals surface area contributed by atoms with Gasteiger partial charge in [-0.1, -0.05) is 24.3 Å². The van der Waals surface area contributed by atoms with Crippen LogP contribution in [0.3, 0.4) is 0 Å². The number of halogens is 1. The van der Waals surface area contributed by atoms with E-state index in [2.05, 4.69) is 10.3 Å². The van der Waals surface area contributed by atoms with Crippen molar-refractivity contribution in [1.29, 1.82) is 0 Å². The molecular weight excluding hydrogens is 418 g/mol. The largest absolute Gasteiger partial charge is 0.488 e. The third-order valence-electron chi connectivity index (χ3n) is 6.17. The van der Waals surface area contributed by atoms with Gasteiger partial charge >= 0.3 is 13.1 Å². The molecule has 2 aliphatic heterocycles. The van der Waals surface area contributed by atoms with Gasteiger partial charge in [0.05, 0.1) is 5.39 Å². The molecule has 4 N–H and O–H groups in total. The molecule has 2 bridgehead atoms. The topological polar surface area (TPSA) is 128 Å². The lowest BCUT2D eigenvalue weighted by Gasteiger charge is -2.29. The van der Waals surface area contributed by atoms with Gasteiger partial charge in [0, 0.05) is 37.9 Å². The zero-order valence-electron chi connectivity index (χ0n) is 16.9. The number of anilines is 1. The smallest absolute Gasteiger partial charge is 0.477 e. The number of aromatic nitrogens is 2. The molecule has 2 aliphatic rings. The van der Waals surface area contributed by atoms with Crippen LogP contribution in [0.1, 0.15) is 22.3 Å². The second kappa shape index (κ2) is 7.70. The molecule has 4 heterocycles. The number of nitrogens with zero attached hydrogens (tertiary/aromatic N) is 3. The molecule has 164 valence electrons. The first-order valence-electron chi connectivity index (χ1n) is 10.2. The van der Waals surface area contributed by atoms with Gasteiger partial charge in [0.25, 0.3) is 0 Å². The monoisotopic (exact) mass is 438 g/mol. The van der Waals surface area contributed by atoms with E-state index in [0.717, 1.165) is 19.0 Å². The summed E-state index contributed by atoms with van der Waals surface area (Å²) in [6.45, 7) is 1.50. The van der Waals surface area contributed by atoms with Crippen LogP contribution in [0.15, 0.2) is 41.3 Å². The molecule has 32 heavy (non-hydrogen) atoms. The fraction of sp³-hybridized carbons (Fsp3) is 0.286. The molecule has 0 aliphatic carbocycles. The van der Waals surface area contributed by atoms with Crippen LogP contribution in [-0.2, 0) is 6.54 Å². The lowest BCUT2D eigenvalue weighted by molar-refractivity contribution is 0.0695. The SMILES string of the molecule is O=C(O)c1cn(Cc2ccc(B(O)O)cc2)c2nc(N3C[C@@H]4C[C@H]3CN4)c(F)cc2c1=O. The zero-order valence-corrected chi connectivity index (χ0v) is 16.9. The van der Waals surface area contributed by atoms with Gasteiger partial charge in [0.1, 0.15) is 11.2 Å². The second-order valence-corrected chi connectivity index (χ2v) is 8.23. The van der Waals surface area contributed by atoms with E-state index in [0.29, 0.717) is 17.6 Å². The van der Waals surface area contributed by atoms with E-state index >= 15 is 4.39 Å². The summed E-state index contributed by atoms with van der Waals surface area (Å²) < 4.78 is 16.5. The van der Waals surface area contributed by atoms with Crippen molar-refractivity contribution in [2.45, 2.75) is 25.0 Å². The van der Waals surface area contributed by atoms with Gasteiger partial charge < -0.3 is 29.9 Å². The minimum absolute atomic E-state index is 0.101. The predicted molar refractivity (Wildman–Crippen MR) is 116 cm³/mol. The summed E-state index contributed by atoms with van der Waals surface area (Å²) in [4.78, 5) is 30.8. The third-order valence-corrected chi connectivity index (χ3v) is 6.17. The molecule has 0 amide bonds. The van der Waals surface area contributed by atoms with E-state index < -0.39 is 29.9 Å². The van der Waals surface area contributed by atoms with Gasteiger partial charge in [0.15, 0.2) is 11.6 Å². The highest BCUT2D eigenvalue weighted by Crippen LogP contribution is 2.31. The molecule has 2 saturated heterocycles. The first-order chi connectivity index (χ1) is 15.3. The lowest BCUT2D eigenvalue weighted by Crippen LogP contribution is -2.44. The first-order valence-corrected chi connectivity index (χ1v) is 10.2. The van der Waals surface area contributed by atoms with E-state index in [1.165, 1.54) is 22.9 Å². The average molecular weight is 438 g/mol. The Labute approximate surface area is 181 Å². The molecule has 11 heteroatoms. The Morgan fingerprint density at radius 1 is 1.28 bits per heavy atom. The summed E-state index contributed by atoms with van der Waals surface area (Å²) in [5.41, 5.74) is -0.0422. The van der Waals surface area contributed by atoms with Crippen molar-refractivity contribution in [3.05, 3.63) is 63.7 Å². The fourth-order valence-corrected chi connectivity index (χ4v) is 4.56. The van der Waals surface area contributed by atoms with Crippen molar-refractivity contribution in [1.82, 2.24) is 14.9 Å². The number of hydrogen-bond acceptors (Lipinski definition) is 7. The van der Waals surface area contributed by atoms with E-state index in [1.807, 2.05) is 4.90 Å². The molecule has 0 saturated carbocycles. The average Bonchev–Trinajstić information content (AvgIpc) is 3.39. The van der Waals surface area contributed by atoms with Crippen molar-refractivity contribution in [2.75, 3.05) is 18.0 Å². The minimum Gasteiger partial charge on any atom is -0.477 e. The van der Waals surface area contributed by atoms with Crippen molar-refractivity contribution in [3.8, 4) is 0 Å². The first kappa shape index (κ1) is 20.6. The van der Waals surface area contributed by atoms with Gasteiger partial charge in [-0.15, -0.1) is 0 Å². The van der Waals surface area contributed by atoms with Crippen LogP contribution in [0.4, 0.5) is 10.2 Å². The number of rotatable bonds is 5. The lowest BCUT2D eigenvalue weighted by atomic mass is 9.80. The number of carbonyl (C=O) groups is 1. The molecule has 0 unspecified atom stereocenters. The highest BCUT2D eigenvalue weighted by atomic mass is 19.1. The van der Waals surface area contributed by atoms with Crippen LogP contribution in [0.2, 0.25) is 0 Å². The number of piperazine rings is 1. The summed E-state index contributed by atoms with van der Waals surface area (Å²) in [6, 6.07) is 7.87. The van der Waals surface area contributed by atoms with Crippen LogP contribution in [0, 0.1) is 5.82 Å². The molecule has 3 aromatic rings. The molecule has 0 radical (unpaired) electrons. The van der Waals surface area contributed by atoms with Crippen LogP contribution in [0.25, 0.3) is 11.0 Å². The maximum atomic E-state index is 15.0. The molecule has 2 fully saturated rings. The van der Waals surface area contributed by atoms with Gasteiger partial charge in [-0.3, -0.25) is 4.79 Å². The van der Waals surface area contributed by atoms with E-state index in [9.17, 15) is 24.7 Å². The maximum absolute atomic E-state index is 15.0. The van der Waals surface area contributed by atoms with Gasteiger partial charge in [-0.05, 0) is 23.5 Å². The number of carboxylic acid groups (broad SMARTS) is 1. The summed E-state index contributed by atoms with van der Waals surface area (Å²) >= 11 is 0. The van der Waals surface area contributed by atoms with Crippen molar-refractivity contribution >= 4 is 35.4 Å². The fourth-order valence-electron chi connectivity index (χ4n) is 4.56. The second-order valence-electron chi connectivity index (χ2n) is 8.23. The molecule has 2 atom stereocenters. The van der Waals surface area contributed by atoms with Crippen LogP contribution in [0.5, 0.6) is 0 Å². The normalized spacial score (nSPS) is 19.7. The number of hydrogen-bond donors (Lipinski definition) is 4. The number of benzene rings is 1. The predicted octanol–water partition coefficient (Wildman–Crippen LogP) is -0.488. The number of fused-ring (bicyclic) bond motifs is 3. The highest BCUT2D eigenvalue weighted by Gasteiger charge is 2.39. The summed E-state index contributed by atoms with van der Waals surface area (Å²) in [6.07, 6.45) is 2.11. The Balaban J connectivity index is 1.64. The van der Waals surface area contributed by atoms with E-state index in [1.54, 1.807) is 12.1 Å². The molecular formula is C21H20BFN4O5. The molecule has 1 aromatic carbocycles. The minimum atomic E-state index is -1.60. The Kier molecular flexibility index (Phi) is 4.96. The van der Waals surface area contributed by atoms with Gasteiger partial charge in [-0.25, -0.2) is 14.2 Å². The van der Waals surface area contributed by atoms with Crippen molar-refractivity contribution in [3.63, 3.8) is 0 Å². The summed E-state index contributed by atoms with van der Waals surface area (Å²) in [7, 11) is -1.60. The summed E-state index contributed by atoms with van der Waals surface area (Å²) in [5.74, 6) is -1.91. The maximum Gasteiger partial charge on any atom is 0.488 e. The van der Waals surface area contributed by atoms with Crippen molar-refractivity contribution < 1.29 is 24.3 Å². The highest BCUT2D eigenvalue weighted by molar-refractivity contribution is 6.58. The Bertz CT molecular complexity index is 1280. The molecule has 0 spiro atoms. The van der Waals surface area contributed by atoms with Gasteiger partial charge in [-0.2, -0.15) is 0 Å². The third kappa shape index (κ3) is 3.44.